The Morgan fingerprint density at radius 3 is 2.71 bits per heavy atom. The molecule has 2 aliphatic heterocycles. The Morgan fingerprint density at radius 1 is 1.24 bits per heavy atom. The maximum Gasteiger partial charge on any atom is 0.0480 e. The fraction of sp³-hybridized carbons (Fsp3) is 1.00. The summed E-state index contributed by atoms with van der Waals surface area (Å²) in [5.74, 6) is 0. The van der Waals surface area contributed by atoms with Gasteiger partial charge in [0, 0.05) is 58.0 Å². The highest BCUT2D eigenvalue weighted by atomic mass is 16.5. The van der Waals surface area contributed by atoms with Gasteiger partial charge in [0.25, 0.3) is 0 Å². The third kappa shape index (κ3) is 4.21. The zero-order valence-electron chi connectivity index (χ0n) is 11.3. The van der Waals surface area contributed by atoms with Crippen molar-refractivity contribution in [3.05, 3.63) is 0 Å². The molecule has 100 valence electrons. The average Bonchev–Trinajstić information content (AvgIpc) is 2.35. The lowest BCUT2D eigenvalue weighted by Crippen LogP contribution is -2.51. The fourth-order valence-corrected chi connectivity index (χ4v) is 2.66. The van der Waals surface area contributed by atoms with Crippen LogP contribution in [0, 0.1) is 0 Å². The summed E-state index contributed by atoms with van der Waals surface area (Å²) >= 11 is 0. The number of likely N-dealkylation sites (N-methyl/N-ethyl adjacent to an activating group) is 1. The van der Waals surface area contributed by atoms with Crippen molar-refractivity contribution in [1.29, 1.82) is 0 Å². The topological polar surface area (TPSA) is 27.7 Å². The number of ether oxygens (including phenoxy) is 1. The van der Waals surface area contributed by atoms with Crippen LogP contribution in [0.2, 0.25) is 0 Å². The SMILES string of the molecule is CC1CN(CCNC2CCOCC2)CCN1C. The van der Waals surface area contributed by atoms with E-state index < -0.39 is 0 Å². The largest absolute Gasteiger partial charge is 0.381 e. The molecule has 1 atom stereocenters. The molecule has 0 radical (unpaired) electrons. The van der Waals surface area contributed by atoms with Crippen LogP contribution in [0.4, 0.5) is 0 Å². The van der Waals surface area contributed by atoms with Crippen LogP contribution in [0.25, 0.3) is 0 Å². The van der Waals surface area contributed by atoms with Gasteiger partial charge in [-0.15, -0.1) is 0 Å². The van der Waals surface area contributed by atoms with Crippen LogP contribution in [0.3, 0.4) is 0 Å². The monoisotopic (exact) mass is 241 g/mol. The van der Waals surface area contributed by atoms with Gasteiger partial charge in [0.05, 0.1) is 0 Å². The van der Waals surface area contributed by atoms with Gasteiger partial charge < -0.3 is 15.0 Å². The summed E-state index contributed by atoms with van der Waals surface area (Å²) in [6, 6.07) is 1.39. The van der Waals surface area contributed by atoms with E-state index in [1.807, 2.05) is 0 Å². The molecule has 17 heavy (non-hydrogen) atoms. The highest BCUT2D eigenvalue weighted by Gasteiger charge is 2.20. The first-order valence-electron chi connectivity index (χ1n) is 6.99. The molecule has 0 amide bonds. The van der Waals surface area contributed by atoms with E-state index in [9.17, 15) is 0 Å². The molecule has 4 heteroatoms. The van der Waals surface area contributed by atoms with Crippen LogP contribution in [0.15, 0.2) is 0 Å². The lowest BCUT2D eigenvalue weighted by Gasteiger charge is -2.38. The highest BCUT2D eigenvalue weighted by molar-refractivity contribution is 4.78. The van der Waals surface area contributed by atoms with Crippen molar-refractivity contribution >= 4 is 0 Å². The summed E-state index contributed by atoms with van der Waals surface area (Å²) in [5, 5.41) is 3.66. The second-order valence-electron chi connectivity index (χ2n) is 5.47. The Balaban J connectivity index is 1.58. The molecule has 0 aliphatic carbocycles. The summed E-state index contributed by atoms with van der Waals surface area (Å²) in [6.07, 6.45) is 2.36. The molecule has 1 unspecified atom stereocenters. The molecular weight excluding hydrogens is 214 g/mol. The summed E-state index contributed by atoms with van der Waals surface area (Å²) in [7, 11) is 2.22. The van der Waals surface area contributed by atoms with Crippen LogP contribution in [0.5, 0.6) is 0 Å². The second-order valence-corrected chi connectivity index (χ2v) is 5.47. The minimum Gasteiger partial charge on any atom is -0.381 e. The lowest BCUT2D eigenvalue weighted by molar-refractivity contribution is 0.0741. The van der Waals surface area contributed by atoms with Crippen molar-refractivity contribution in [3.63, 3.8) is 0 Å². The van der Waals surface area contributed by atoms with E-state index in [4.69, 9.17) is 4.74 Å². The quantitative estimate of drug-likeness (QED) is 0.771. The molecule has 0 aromatic rings. The maximum atomic E-state index is 5.37. The second kappa shape index (κ2) is 6.69. The van der Waals surface area contributed by atoms with Crippen molar-refractivity contribution in [2.75, 3.05) is 53.0 Å². The summed E-state index contributed by atoms with van der Waals surface area (Å²) in [5.41, 5.74) is 0. The zero-order valence-corrected chi connectivity index (χ0v) is 11.3. The minimum atomic E-state index is 0.689. The van der Waals surface area contributed by atoms with Gasteiger partial charge in [-0.3, -0.25) is 4.90 Å². The molecular formula is C13H27N3O. The highest BCUT2D eigenvalue weighted by Crippen LogP contribution is 2.07. The fourth-order valence-electron chi connectivity index (χ4n) is 2.66. The number of nitrogens with one attached hydrogen (secondary N) is 1. The van der Waals surface area contributed by atoms with Gasteiger partial charge >= 0.3 is 0 Å². The van der Waals surface area contributed by atoms with E-state index in [0.29, 0.717) is 12.1 Å². The van der Waals surface area contributed by atoms with Crippen LogP contribution in [0.1, 0.15) is 19.8 Å². The molecule has 2 saturated heterocycles. The number of hydrogen-bond donors (Lipinski definition) is 1. The number of hydrogen-bond acceptors (Lipinski definition) is 4. The number of nitrogens with zero attached hydrogens (tertiary/aromatic N) is 2. The van der Waals surface area contributed by atoms with Gasteiger partial charge in [-0.25, -0.2) is 0 Å². The Bertz CT molecular complexity index is 219. The first-order chi connectivity index (χ1) is 8.25. The van der Waals surface area contributed by atoms with Gasteiger partial charge in [0.2, 0.25) is 0 Å². The molecule has 0 bridgehead atoms. The maximum absolute atomic E-state index is 5.37. The van der Waals surface area contributed by atoms with Crippen molar-refractivity contribution in [3.8, 4) is 0 Å². The van der Waals surface area contributed by atoms with E-state index in [0.717, 1.165) is 19.8 Å². The molecule has 2 heterocycles. The van der Waals surface area contributed by atoms with Crippen molar-refractivity contribution < 1.29 is 4.74 Å². The van der Waals surface area contributed by atoms with E-state index in [1.54, 1.807) is 0 Å². The molecule has 2 aliphatic rings. The normalized spacial score (nSPS) is 29.6. The molecule has 2 fully saturated rings. The third-order valence-electron chi connectivity index (χ3n) is 4.13. The third-order valence-corrected chi connectivity index (χ3v) is 4.13. The van der Waals surface area contributed by atoms with Crippen molar-refractivity contribution in [1.82, 2.24) is 15.1 Å². The molecule has 0 aromatic carbocycles. The number of piperazine rings is 1. The smallest absolute Gasteiger partial charge is 0.0480 e. The predicted octanol–water partition coefficient (Wildman–Crippen LogP) is 0.391. The molecule has 0 saturated carbocycles. The van der Waals surface area contributed by atoms with Crippen molar-refractivity contribution in [2.24, 2.45) is 0 Å². The van der Waals surface area contributed by atoms with E-state index in [-0.39, 0.29) is 0 Å². The number of rotatable bonds is 4. The Morgan fingerprint density at radius 2 is 2.00 bits per heavy atom. The predicted molar refractivity (Wildman–Crippen MR) is 70.4 cm³/mol. The first-order valence-corrected chi connectivity index (χ1v) is 6.99. The molecule has 0 spiro atoms. The van der Waals surface area contributed by atoms with Gasteiger partial charge in [-0.1, -0.05) is 0 Å². The lowest BCUT2D eigenvalue weighted by atomic mass is 10.1. The van der Waals surface area contributed by atoms with Gasteiger partial charge in [-0.2, -0.15) is 0 Å². The van der Waals surface area contributed by atoms with Gasteiger partial charge in [-0.05, 0) is 26.8 Å². The van der Waals surface area contributed by atoms with Crippen LogP contribution in [-0.2, 0) is 4.74 Å². The Hall–Kier alpha value is -0.160. The zero-order chi connectivity index (χ0) is 12.1. The first kappa shape index (κ1) is 13.3. The minimum absolute atomic E-state index is 0.689. The Kier molecular flexibility index (Phi) is 5.22. The van der Waals surface area contributed by atoms with Crippen LogP contribution >= 0.6 is 0 Å². The summed E-state index contributed by atoms with van der Waals surface area (Å²) < 4.78 is 5.37. The summed E-state index contributed by atoms with van der Waals surface area (Å²) in [6.45, 7) is 10.1. The van der Waals surface area contributed by atoms with Crippen molar-refractivity contribution in [2.45, 2.75) is 31.8 Å². The standard InChI is InChI=1S/C13H27N3O/c1-12-11-16(8-7-15(12)2)6-5-14-13-3-9-17-10-4-13/h12-14H,3-11H2,1-2H3. The molecule has 4 nitrogen and oxygen atoms in total. The van der Waals surface area contributed by atoms with Crippen LogP contribution < -0.4 is 5.32 Å². The van der Waals surface area contributed by atoms with Gasteiger partial charge in [0.15, 0.2) is 0 Å². The molecule has 1 N–H and O–H groups in total. The van der Waals surface area contributed by atoms with E-state index in [2.05, 4.69) is 29.1 Å². The van der Waals surface area contributed by atoms with Crippen LogP contribution in [-0.4, -0.2) is 74.9 Å². The molecule has 0 aromatic heterocycles. The average molecular weight is 241 g/mol. The van der Waals surface area contributed by atoms with E-state index in [1.165, 1.54) is 39.0 Å². The van der Waals surface area contributed by atoms with Gasteiger partial charge in [0.1, 0.15) is 0 Å². The molecule has 2 rings (SSSR count). The Labute approximate surface area is 105 Å². The summed E-state index contributed by atoms with van der Waals surface area (Å²) in [4.78, 5) is 5.03. The van der Waals surface area contributed by atoms with E-state index >= 15 is 0 Å².